The minimum Gasteiger partial charge on any atom is -0.354 e. The van der Waals surface area contributed by atoms with Crippen LogP contribution in [0.5, 0.6) is 0 Å². The lowest BCUT2D eigenvalue weighted by atomic mass is 10.2. The standard InChI is InChI=1S/C10H11FN2O2S/c11-7-1-4-10-9(5-7)13(8-2-3-8)6-12-16(10,14)15/h1,4-5,8,12H,2-3,6H2. The highest BCUT2D eigenvalue weighted by Gasteiger charge is 2.36. The van der Waals surface area contributed by atoms with Gasteiger partial charge < -0.3 is 4.90 Å². The molecular weight excluding hydrogens is 231 g/mol. The number of anilines is 1. The average Bonchev–Trinajstić information content (AvgIpc) is 3.01. The van der Waals surface area contributed by atoms with Crippen molar-refractivity contribution in [3.8, 4) is 0 Å². The highest BCUT2D eigenvalue weighted by atomic mass is 32.2. The lowest BCUT2D eigenvalue weighted by molar-refractivity contribution is 0.567. The molecule has 0 saturated heterocycles. The summed E-state index contributed by atoms with van der Waals surface area (Å²) in [6.07, 6.45) is 2.08. The quantitative estimate of drug-likeness (QED) is 0.800. The molecular formula is C10H11FN2O2S. The van der Waals surface area contributed by atoms with E-state index in [0.717, 1.165) is 12.8 Å². The molecule has 1 aliphatic carbocycles. The molecule has 86 valence electrons. The van der Waals surface area contributed by atoms with Gasteiger partial charge in [-0.2, -0.15) is 4.72 Å². The molecule has 0 amide bonds. The van der Waals surface area contributed by atoms with Crippen molar-refractivity contribution in [1.82, 2.24) is 4.72 Å². The van der Waals surface area contributed by atoms with Crippen molar-refractivity contribution in [2.24, 2.45) is 0 Å². The number of nitrogens with zero attached hydrogens (tertiary/aromatic N) is 1. The van der Waals surface area contributed by atoms with Crippen LogP contribution >= 0.6 is 0 Å². The molecule has 2 aliphatic rings. The Hall–Kier alpha value is -1.14. The first-order valence-corrected chi connectivity index (χ1v) is 6.62. The minimum atomic E-state index is -3.46. The van der Waals surface area contributed by atoms with Crippen LogP contribution in [0.4, 0.5) is 10.1 Å². The number of hydrogen-bond donors (Lipinski definition) is 1. The number of hydrogen-bond acceptors (Lipinski definition) is 3. The van der Waals surface area contributed by atoms with E-state index in [1.807, 2.05) is 4.90 Å². The van der Waals surface area contributed by atoms with Gasteiger partial charge in [0.05, 0.1) is 12.4 Å². The molecule has 0 unspecified atom stereocenters. The molecule has 1 aromatic rings. The van der Waals surface area contributed by atoms with Gasteiger partial charge in [-0.15, -0.1) is 0 Å². The van der Waals surface area contributed by atoms with Crippen molar-refractivity contribution >= 4 is 15.7 Å². The highest BCUT2D eigenvalue weighted by molar-refractivity contribution is 7.89. The molecule has 1 heterocycles. The van der Waals surface area contributed by atoms with Crippen LogP contribution in [-0.4, -0.2) is 21.1 Å². The van der Waals surface area contributed by atoms with Gasteiger partial charge in [-0.1, -0.05) is 0 Å². The van der Waals surface area contributed by atoms with E-state index < -0.39 is 15.8 Å². The summed E-state index contributed by atoms with van der Waals surface area (Å²) in [4.78, 5) is 2.09. The maximum Gasteiger partial charge on any atom is 0.244 e. The number of sulfonamides is 1. The SMILES string of the molecule is O=S1(=O)NCN(C2CC2)c2cc(F)ccc21. The van der Waals surface area contributed by atoms with Crippen LogP contribution in [-0.2, 0) is 10.0 Å². The summed E-state index contributed by atoms with van der Waals surface area (Å²) in [5.74, 6) is -0.401. The van der Waals surface area contributed by atoms with Crippen LogP contribution in [0, 0.1) is 5.82 Å². The number of benzene rings is 1. The van der Waals surface area contributed by atoms with E-state index in [-0.39, 0.29) is 11.6 Å². The molecule has 6 heteroatoms. The molecule has 1 aliphatic heterocycles. The van der Waals surface area contributed by atoms with Crippen LogP contribution in [0.25, 0.3) is 0 Å². The summed E-state index contributed by atoms with van der Waals surface area (Å²) in [7, 11) is -3.46. The largest absolute Gasteiger partial charge is 0.354 e. The second-order valence-electron chi connectivity index (χ2n) is 4.12. The molecule has 0 aromatic heterocycles. The molecule has 16 heavy (non-hydrogen) atoms. The van der Waals surface area contributed by atoms with Gasteiger partial charge in [-0.25, -0.2) is 12.8 Å². The molecule has 0 radical (unpaired) electrons. The second-order valence-corrected chi connectivity index (χ2v) is 5.85. The first kappa shape index (κ1) is 10.0. The molecule has 3 rings (SSSR count). The van der Waals surface area contributed by atoms with Gasteiger partial charge >= 0.3 is 0 Å². The van der Waals surface area contributed by atoms with Crippen molar-refractivity contribution in [2.45, 2.75) is 23.8 Å². The number of nitrogens with one attached hydrogen (secondary N) is 1. The summed E-state index contributed by atoms with van der Waals surface area (Å²) in [6.45, 7) is 0.240. The van der Waals surface area contributed by atoms with E-state index in [1.54, 1.807) is 0 Å². The van der Waals surface area contributed by atoms with E-state index in [9.17, 15) is 12.8 Å². The Kier molecular flexibility index (Phi) is 1.99. The summed E-state index contributed by atoms with van der Waals surface area (Å²) < 4.78 is 39.1. The second kappa shape index (κ2) is 3.18. The monoisotopic (exact) mass is 242 g/mol. The van der Waals surface area contributed by atoms with Crippen LogP contribution in [0.3, 0.4) is 0 Å². The smallest absolute Gasteiger partial charge is 0.244 e. The van der Waals surface area contributed by atoms with Gasteiger partial charge in [-0.05, 0) is 31.0 Å². The van der Waals surface area contributed by atoms with Gasteiger partial charge in [0.25, 0.3) is 0 Å². The molecule has 1 aromatic carbocycles. The number of fused-ring (bicyclic) bond motifs is 1. The zero-order valence-corrected chi connectivity index (χ0v) is 9.30. The molecule has 0 spiro atoms. The van der Waals surface area contributed by atoms with Gasteiger partial charge in [0.15, 0.2) is 0 Å². The van der Waals surface area contributed by atoms with Gasteiger partial charge in [0.1, 0.15) is 10.7 Å². The Balaban J connectivity index is 2.17. The Morgan fingerprint density at radius 2 is 2.12 bits per heavy atom. The summed E-state index contributed by atoms with van der Waals surface area (Å²) in [6, 6.07) is 4.14. The fourth-order valence-corrected chi connectivity index (χ4v) is 3.13. The van der Waals surface area contributed by atoms with Crippen molar-refractivity contribution in [3.05, 3.63) is 24.0 Å². The van der Waals surface area contributed by atoms with Crippen molar-refractivity contribution < 1.29 is 12.8 Å². The van der Waals surface area contributed by atoms with Crippen molar-refractivity contribution in [2.75, 3.05) is 11.6 Å². The molecule has 0 atom stereocenters. The Morgan fingerprint density at radius 3 is 2.81 bits per heavy atom. The predicted molar refractivity (Wildman–Crippen MR) is 57.1 cm³/mol. The number of rotatable bonds is 1. The van der Waals surface area contributed by atoms with E-state index >= 15 is 0 Å². The summed E-state index contributed by atoms with van der Waals surface area (Å²) in [5.41, 5.74) is 0.487. The maximum absolute atomic E-state index is 13.2. The van der Waals surface area contributed by atoms with E-state index in [0.29, 0.717) is 11.7 Å². The summed E-state index contributed by atoms with van der Waals surface area (Å²) in [5, 5.41) is 0. The summed E-state index contributed by atoms with van der Waals surface area (Å²) >= 11 is 0. The van der Waals surface area contributed by atoms with Crippen LogP contribution < -0.4 is 9.62 Å². The maximum atomic E-state index is 13.2. The van der Waals surface area contributed by atoms with E-state index in [1.165, 1.54) is 18.2 Å². The third-order valence-corrected chi connectivity index (χ3v) is 4.37. The minimum absolute atomic E-state index is 0.173. The van der Waals surface area contributed by atoms with E-state index in [2.05, 4.69) is 4.72 Å². The van der Waals surface area contributed by atoms with Crippen molar-refractivity contribution in [3.63, 3.8) is 0 Å². The van der Waals surface area contributed by atoms with Crippen LogP contribution in [0.2, 0.25) is 0 Å². The molecule has 0 bridgehead atoms. The fraction of sp³-hybridized carbons (Fsp3) is 0.400. The first-order valence-electron chi connectivity index (χ1n) is 5.14. The predicted octanol–water partition coefficient (Wildman–Crippen LogP) is 1.04. The Morgan fingerprint density at radius 1 is 1.38 bits per heavy atom. The molecule has 1 saturated carbocycles. The van der Waals surface area contributed by atoms with Gasteiger partial charge in [0.2, 0.25) is 10.0 Å². The van der Waals surface area contributed by atoms with Gasteiger partial charge in [0, 0.05) is 6.04 Å². The normalized spacial score (nSPS) is 22.9. The van der Waals surface area contributed by atoms with Gasteiger partial charge in [-0.3, -0.25) is 0 Å². The average molecular weight is 242 g/mol. The Bertz CT molecular complexity index is 540. The van der Waals surface area contributed by atoms with Crippen LogP contribution in [0.15, 0.2) is 23.1 Å². The zero-order valence-electron chi connectivity index (χ0n) is 8.48. The van der Waals surface area contributed by atoms with Crippen molar-refractivity contribution in [1.29, 1.82) is 0 Å². The fourth-order valence-electron chi connectivity index (χ4n) is 1.97. The highest BCUT2D eigenvalue weighted by Crippen LogP contribution is 2.37. The third-order valence-electron chi connectivity index (χ3n) is 2.93. The Labute approximate surface area is 93.1 Å². The lowest BCUT2D eigenvalue weighted by Gasteiger charge is -2.31. The molecule has 1 fully saturated rings. The third kappa shape index (κ3) is 1.49. The topological polar surface area (TPSA) is 49.4 Å². The van der Waals surface area contributed by atoms with E-state index in [4.69, 9.17) is 0 Å². The number of halogens is 1. The zero-order chi connectivity index (χ0) is 11.3. The molecule has 1 N–H and O–H groups in total. The molecule has 4 nitrogen and oxygen atoms in total. The van der Waals surface area contributed by atoms with Crippen LogP contribution in [0.1, 0.15) is 12.8 Å². The lowest BCUT2D eigenvalue weighted by Crippen LogP contribution is -2.44. The first-order chi connectivity index (χ1) is 7.58.